The molecule has 0 radical (unpaired) electrons. The Bertz CT molecular complexity index is 1170. The summed E-state index contributed by atoms with van der Waals surface area (Å²) >= 11 is 0. The van der Waals surface area contributed by atoms with Gasteiger partial charge in [0.15, 0.2) is 0 Å². The predicted octanol–water partition coefficient (Wildman–Crippen LogP) is 1.39. The van der Waals surface area contributed by atoms with E-state index in [2.05, 4.69) is 20.0 Å². The van der Waals surface area contributed by atoms with Crippen LogP contribution in [-0.2, 0) is 26.5 Å². The quantitative estimate of drug-likeness (QED) is 0.400. The number of hydrogen-bond donors (Lipinski definition) is 3. The maximum atomic E-state index is 12.7. The monoisotopic (exact) mass is 451 g/mol. The molecule has 11 heteroatoms. The van der Waals surface area contributed by atoms with Gasteiger partial charge in [-0.2, -0.15) is 4.31 Å². The molecule has 162 valence electrons. The van der Waals surface area contributed by atoms with E-state index in [4.69, 9.17) is 0 Å². The third-order valence-electron chi connectivity index (χ3n) is 4.45. The first kappa shape index (κ1) is 22.2. The minimum atomic E-state index is -3.66. The molecule has 3 rings (SSSR count). The van der Waals surface area contributed by atoms with Gasteiger partial charge in [0.05, 0.1) is 22.2 Å². The molecule has 2 aromatic carbocycles. The fraction of sp³-hybridized carbons (Fsp3) is 0.316. The average molecular weight is 452 g/mol. The topological polar surface area (TPSA) is 124 Å². The number of aromatic amines is 1. The number of likely N-dealkylation sites (N-methyl/N-ethyl adjacent to an activating group) is 1. The SMILES string of the molecule is CN(CCNCCc1nc2ccccc2[nH]1)S(=O)(=O)c1ccc(NS(C)(=O)=O)cc1. The fourth-order valence-corrected chi connectivity index (χ4v) is 4.64. The fourth-order valence-electron chi connectivity index (χ4n) is 2.90. The van der Waals surface area contributed by atoms with Crippen LogP contribution < -0.4 is 10.0 Å². The number of H-pyrrole nitrogens is 1. The molecule has 0 atom stereocenters. The van der Waals surface area contributed by atoms with E-state index < -0.39 is 20.0 Å². The molecular formula is C19H25N5O4S2. The molecule has 3 aromatic rings. The van der Waals surface area contributed by atoms with Crippen molar-refractivity contribution in [3.8, 4) is 0 Å². The van der Waals surface area contributed by atoms with E-state index in [9.17, 15) is 16.8 Å². The average Bonchev–Trinajstić information content (AvgIpc) is 3.09. The van der Waals surface area contributed by atoms with Crippen LogP contribution in [0.3, 0.4) is 0 Å². The van der Waals surface area contributed by atoms with Crippen LogP contribution in [0.2, 0.25) is 0 Å². The van der Waals surface area contributed by atoms with Gasteiger partial charge in [-0.05, 0) is 36.4 Å². The van der Waals surface area contributed by atoms with E-state index >= 15 is 0 Å². The zero-order valence-electron chi connectivity index (χ0n) is 16.8. The minimum absolute atomic E-state index is 0.103. The summed E-state index contributed by atoms with van der Waals surface area (Å²) < 4.78 is 51.4. The van der Waals surface area contributed by atoms with Crippen molar-refractivity contribution in [2.75, 3.05) is 37.7 Å². The second-order valence-electron chi connectivity index (χ2n) is 6.93. The zero-order chi connectivity index (χ0) is 21.8. The van der Waals surface area contributed by atoms with Crippen molar-refractivity contribution in [2.24, 2.45) is 0 Å². The Morgan fingerprint density at radius 3 is 2.37 bits per heavy atom. The van der Waals surface area contributed by atoms with Crippen molar-refractivity contribution < 1.29 is 16.8 Å². The second kappa shape index (κ2) is 9.13. The van der Waals surface area contributed by atoms with E-state index in [1.165, 1.54) is 35.6 Å². The van der Waals surface area contributed by atoms with Gasteiger partial charge >= 0.3 is 0 Å². The Hall–Kier alpha value is -2.47. The number of benzene rings is 2. The van der Waals surface area contributed by atoms with E-state index in [0.717, 1.165) is 23.1 Å². The smallest absolute Gasteiger partial charge is 0.242 e. The minimum Gasteiger partial charge on any atom is -0.342 e. The molecule has 30 heavy (non-hydrogen) atoms. The van der Waals surface area contributed by atoms with Crippen molar-refractivity contribution in [1.82, 2.24) is 19.6 Å². The van der Waals surface area contributed by atoms with Crippen molar-refractivity contribution in [3.63, 3.8) is 0 Å². The number of imidazole rings is 1. The van der Waals surface area contributed by atoms with Crippen LogP contribution in [0.4, 0.5) is 5.69 Å². The molecule has 0 saturated heterocycles. The third-order valence-corrected chi connectivity index (χ3v) is 6.92. The second-order valence-corrected chi connectivity index (χ2v) is 10.7. The first-order valence-electron chi connectivity index (χ1n) is 9.34. The van der Waals surface area contributed by atoms with Crippen LogP contribution in [0.1, 0.15) is 5.82 Å². The third kappa shape index (κ3) is 5.79. The van der Waals surface area contributed by atoms with Gasteiger partial charge in [-0.3, -0.25) is 4.72 Å². The molecule has 0 saturated carbocycles. The molecule has 9 nitrogen and oxygen atoms in total. The number of rotatable bonds is 10. The van der Waals surface area contributed by atoms with Gasteiger partial charge < -0.3 is 10.3 Å². The van der Waals surface area contributed by atoms with Crippen LogP contribution in [0.25, 0.3) is 11.0 Å². The lowest BCUT2D eigenvalue weighted by molar-refractivity contribution is 0.459. The summed E-state index contributed by atoms with van der Waals surface area (Å²) in [5, 5.41) is 3.22. The van der Waals surface area contributed by atoms with Gasteiger partial charge in [-0.1, -0.05) is 12.1 Å². The van der Waals surface area contributed by atoms with E-state index in [0.29, 0.717) is 31.7 Å². The molecule has 1 heterocycles. The summed E-state index contributed by atoms with van der Waals surface area (Å²) in [7, 11) is -5.56. The summed E-state index contributed by atoms with van der Waals surface area (Å²) in [6.45, 7) is 1.45. The Morgan fingerprint density at radius 2 is 1.70 bits per heavy atom. The van der Waals surface area contributed by atoms with Gasteiger partial charge in [0, 0.05) is 38.8 Å². The lowest BCUT2D eigenvalue weighted by Gasteiger charge is -2.17. The maximum absolute atomic E-state index is 12.7. The largest absolute Gasteiger partial charge is 0.342 e. The number of para-hydroxylation sites is 2. The molecular weight excluding hydrogens is 426 g/mol. The van der Waals surface area contributed by atoms with Gasteiger partial charge in [0.2, 0.25) is 20.0 Å². The first-order chi connectivity index (χ1) is 14.1. The molecule has 0 fully saturated rings. The van der Waals surface area contributed by atoms with Crippen LogP contribution in [0.15, 0.2) is 53.4 Å². The Labute approximate surface area is 176 Å². The van der Waals surface area contributed by atoms with Gasteiger partial charge in [-0.25, -0.2) is 21.8 Å². The van der Waals surface area contributed by atoms with Crippen molar-refractivity contribution in [2.45, 2.75) is 11.3 Å². The molecule has 0 bridgehead atoms. The molecule has 0 unspecified atom stereocenters. The molecule has 3 N–H and O–H groups in total. The summed E-state index contributed by atoms with van der Waals surface area (Å²) in [5.74, 6) is 0.882. The molecule has 0 aliphatic heterocycles. The number of hydrogen-bond acceptors (Lipinski definition) is 6. The summed E-state index contributed by atoms with van der Waals surface area (Å²) in [6.07, 6.45) is 1.74. The molecule has 0 spiro atoms. The number of fused-ring (bicyclic) bond motifs is 1. The van der Waals surface area contributed by atoms with Crippen LogP contribution in [0.5, 0.6) is 0 Å². The lowest BCUT2D eigenvalue weighted by Crippen LogP contribution is -2.34. The molecule has 0 amide bonds. The normalized spacial score (nSPS) is 12.5. The number of nitrogens with one attached hydrogen (secondary N) is 3. The van der Waals surface area contributed by atoms with Gasteiger partial charge in [0.25, 0.3) is 0 Å². The Morgan fingerprint density at radius 1 is 1.00 bits per heavy atom. The standard InChI is InChI=1S/C19H25N5O4S2/c1-24(30(27,28)16-9-7-15(8-10-16)23-29(2,25)26)14-13-20-12-11-19-21-17-5-3-4-6-18(17)22-19/h3-10,20,23H,11-14H2,1-2H3,(H,21,22). The van der Waals surface area contributed by atoms with E-state index in [-0.39, 0.29) is 4.90 Å². The highest BCUT2D eigenvalue weighted by atomic mass is 32.2. The number of sulfonamides is 2. The Kier molecular flexibility index (Phi) is 6.76. The van der Waals surface area contributed by atoms with E-state index in [1.54, 1.807) is 0 Å². The van der Waals surface area contributed by atoms with Crippen LogP contribution in [0, 0.1) is 0 Å². The summed E-state index contributed by atoms with van der Waals surface area (Å²) in [5.41, 5.74) is 2.23. The summed E-state index contributed by atoms with van der Waals surface area (Å²) in [4.78, 5) is 7.87. The lowest BCUT2D eigenvalue weighted by atomic mass is 10.3. The highest BCUT2D eigenvalue weighted by Crippen LogP contribution is 2.18. The van der Waals surface area contributed by atoms with Crippen molar-refractivity contribution in [1.29, 1.82) is 0 Å². The van der Waals surface area contributed by atoms with Gasteiger partial charge in [0.1, 0.15) is 5.82 Å². The van der Waals surface area contributed by atoms with Crippen molar-refractivity contribution >= 4 is 36.8 Å². The maximum Gasteiger partial charge on any atom is 0.242 e. The number of anilines is 1. The first-order valence-corrected chi connectivity index (χ1v) is 12.7. The summed E-state index contributed by atoms with van der Waals surface area (Å²) in [6, 6.07) is 13.4. The Balaban J connectivity index is 1.47. The zero-order valence-corrected chi connectivity index (χ0v) is 18.4. The number of aromatic nitrogens is 2. The number of nitrogens with zero attached hydrogens (tertiary/aromatic N) is 2. The molecule has 0 aliphatic carbocycles. The van der Waals surface area contributed by atoms with Gasteiger partial charge in [-0.15, -0.1) is 0 Å². The predicted molar refractivity (Wildman–Crippen MR) is 117 cm³/mol. The van der Waals surface area contributed by atoms with Crippen LogP contribution >= 0.6 is 0 Å². The molecule has 0 aliphatic rings. The van der Waals surface area contributed by atoms with Crippen LogP contribution in [-0.4, -0.2) is 64.0 Å². The van der Waals surface area contributed by atoms with E-state index in [1.807, 2.05) is 24.3 Å². The van der Waals surface area contributed by atoms with Crippen molar-refractivity contribution in [3.05, 3.63) is 54.4 Å². The molecule has 1 aromatic heterocycles. The highest BCUT2D eigenvalue weighted by Gasteiger charge is 2.20. The highest BCUT2D eigenvalue weighted by molar-refractivity contribution is 7.92.